The molecule has 7 heteroatoms. The van der Waals surface area contributed by atoms with Gasteiger partial charge in [0.2, 0.25) is 0 Å². The minimum atomic E-state index is 0. The number of hydrogen-bond donors (Lipinski definition) is 2. The van der Waals surface area contributed by atoms with E-state index >= 15 is 0 Å². The molecule has 0 amide bonds. The first kappa shape index (κ1) is 17.0. The quantitative estimate of drug-likeness (QED) is 0.775. The van der Waals surface area contributed by atoms with E-state index in [0.29, 0.717) is 22.1 Å². The highest BCUT2D eigenvalue weighted by molar-refractivity contribution is 8.08. The van der Waals surface area contributed by atoms with Crippen LogP contribution in [0.1, 0.15) is 48.4 Å². The summed E-state index contributed by atoms with van der Waals surface area (Å²) in [6.45, 7) is 6.07. The molecule has 1 aliphatic rings. The van der Waals surface area contributed by atoms with Crippen LogP contribution in [0.15, 0.2) is 10.6 Å². The number of H-pyrrole nitrogens is 1. The lowest BCUT2D eigenvalue weighted by Gasteiger charge is -2.11. The third-order valence-electron chi connectivity index (χ3n) is 4.19. The van der Waals surface area contributed by atoms with E-state index in [4.69, 9.17) is 22.5 Å². The number of aromatic amines is 1. The van der Waals surface area contributed by atoms with Gasteiger partial charge in [-0.05, 0) is 50.5 Å². The first-order chi connectivity index (χ1) is 11.5. The molecule has 3 N–H and O–H groups in total. The molecule has 0 saturated carbocycles. The van der Waals surface area contributed by atoms with Crippen molar-refractivity contribution in [2.24, 2.45) is 5.73 Å². The minimum Gasteiger partial charge on any atom is -0.398 e. The molecule has 2 aromatic heterocycles. The van der Waals surface area contributed by atoms with Crippen molar-refractivity contribution in [3.8, 4) is 0 Å². The van der Waals surface area contributed by atoms with Crippen LogP contribution in [-0.2, 0) is 0 Å². The SMILES string of the molecule is Cc1[nH]c(=S)c(/C(N)=C/c2noc(C3=CCCCS3)n2)c(C)c1C.[HH]. The van der Waals surface area contributed by atoms with E-state index in [1.54, 1.807) is 17.8 Å². The zero-order valence-corrected chi connectivity index (χ0v) is 15.6. The Hall–Kier alpha value is -1.86. The summed E-state index contributed by atoms with van der Waals surface area (Å²) in [5.74, 6) is 2.10. The van der Waals surface area contributed by atoms with E-state index in [9.17, 15) is 0 Å². The normalized spacial score (nSPS) is 15.5. The fourth-order valence-corrected chi connectivity index (χ4v) is 4.02. The summed E-state index contributed by atoms with van der Waals surface area (Å²) < 4.78 is 5.98. The first-order valence-electron chi connectivity index (χ1n) is 7.82. The van der Waals surface area contributed by atoms with Gasteiger partial charge < -0.3 is 15.2 Å². The average Bonchev–Trinajstić information content (AvgIpc) is 3.02. The van der Waals surface area contributed by atoms with Crippen molar-refractivity contribution in [1.29, 1.82) is 0 Å². The van der Waals surface area contributed by atoms with Gasteiger partial charge in [0, 0.05) is 24.5 Å². The lowest BCUT2D eigenvalue weighted by Crippen LogP contribution is -2.05. The van der Waals surface area contributed by atoms with E-state index in [2.05, 4.69) is 21.2 Å². The zero-order valence-electron chi connectivity index (χ0n) is 14.0. The van der Waals surface area contributed by atoms with Gasteiger partial charge in [-0.1, -0.05) is 23.5 Å². The Morgan fingerprint density at radius 1 is 1.42 bits per heavy atom. The molecule has 0 aromatic carbocycles. The smallest absolute Gasteiger partial charge is 0.264 e. The van der Waals surface area contributed by atoms with Crippen LogP contribution in [0.3, 0.4) is 0 Å². The van der Waals surface area contributed by atoms with Gasteiger partial charge in [0.25, 0.3) is 5.89 Å². The van der Waals surface area contributed by atoms with Gasteiger partial charge in [0.1, 0.15) is 4.64 Å². The molecule has 24 heavy (non-hydrogen) atoms. The number of thioether (sulfide) groups is 1. The summed E-state index contributed by atoms with van der Waals surface area (Å²) in [6.07, 6.45) is 6.09. The summed E-state index contributed by atoms with van der Waals surface area (Å²) in [7, 11) is 0. The number of pyridine rings is 1. The highest BCUT2D eigenvalue weighted by Crippen LogP contribution is 2.32. The minimum absolute atomic E-state index is 0. The van der Waals surface area contributed by atoms with Crippen molar-refractivity contribution in [1.82, 2.24) is 15.1 Å². The van der Waals surface area contributed by atoms with Gasteiger partial charge in [-0.25, -0.2) is 0 Å². The van der Waals surface area contributed by atoms with Gasteiger partial charge in [0.05, 0.1) is 4.91 Å². The lowest BCUT2D eigenvalue weighted by molar-refractivity contribution is 0.407. The number of rotatable bonds is 3. The Kier molecular flexibility index (Phi) is 4.91. The summed E-state index contributed by atoms with van der Waals surface area (Å²) in [5.41, 5.74) is 10.9. The Morgan fingerprint density at radius 3 is 2.92 bits per heavy atom. The molecule has 128 valence electrons. The number of nitrogens with zero attached hydrogens (tertiary/aromatic N) is 2. The predicted molar refractivity (Wildman–Crippen MR) is 104 cm³/mol. The van der Waals surface area contributed by atoms with Crippen molar-refractivity contribution in [3.63, 3.8) is 0 Å². The molecule has 0 fully saturated rings. The molecule has 5 nitrogen and oxygen atoms in total. The second-order valence-electron chi connectivity index (χ2n) is 5.82. The molecule has 0 bridgehead atoms. The highest BCUT2D eigenvalue weighted by Gasteiger charge is 2.15. The standard InChI is InChI=1S/C17H20N4OS2.H2/c1-9-10(2)15(17(23)19-11(9)3)12(18)8-14-20-16(22-21-14)13-6-4-5-7-24-13;/h6,8H,4-5,7,18H2,1-3H3,(H,19,23);1H/b12-8-;. The van der Waals surface area contributed by atoms with E-state index < -0.39 is 0 Å². The van der Waals surface area contributed by atoms with Gasteiger partial charge >= 0.3 is 0 Å². The second kappa shape index (κ2) is 6.94. The third kappa shape index (κ3) is 3.32. The molecule has 1 aliphatic heterocycles. The molecule has 3 heterocycles. The topological polar surface area (TPSA) is 80.7 Å². The van der Waals surface area contributed by atoms with Gasteiger partial charge in [-0.2, -0.15) is 4.98 Å². The summed E-state index contributed by atoms with van der Waals surface area (Å²) in [6, 6.07) is 0. The molecule has 0 atom stereocenters. The van der Waals surface area contributed by atoms with E-state index in [1.165, 1.54) is 6.42 Å². The summed E-state index contributed by atoms with van der Waals surface area (Å²) >= 11 is 7.18. The van der Waals surface area contributed by atoms with Crippen molar-refractivity contribution in [2.75, 3.05) is 5.75 Å². The monoisotopic (exact) mass is 362 g/mol. The number of nitrogens with two attached hydrogens (primary N) is 1. The fourth-order valence-electron chi connectivity index (χ4n) is 2.62. The van der Waals surface area contributed by atoms with Crippen molar-refractivity contribution in [2.45, 2.75) is 33.6 Å². The van der Waals surface area contributed by atoms with Crippen LogP contribution in [0.25, 0.3) is 16.7 Å². The Balaban J connectivity index is 0.00000225. The molecule has 2 aromatic rings. The largest absolute Gasteiger partial charge is 0.398 e. The fraction of sp³-hybridized carbons (Fsp3) is 0.353. The molecule has 0 radical (unpaired) electrons. The maximum absolute atomic E-state index is 6.27. The van der Waals surface area contributed by atoms with Crippen LogP contribution >= 0.6 is 24.0 Å². The molecule has 3 rings (SSSR count). The molecule has 0 saturated heterocycles. The van der Waals surface area contributed by atoms with Crippen LogP contribution < -0.4 is 5.73 Å². The van der Waals surface area contributed by atoms with Crippen molar-refractivity contribution >= 4 is 40.7 Å². The second-order valence-corrected chi connectivity index (χ2v) is 7.37. The molecule has 0 unspecified atom stereocenters. The van der Waals surface area contributed by atoms with Gasteiger partial charge in [-0.15, -0.1) is 11.8 Å². The summed E-state index contributed by atoms with van der Waals surface area (Å²) in [4.78, 5) is 8.67. The van der Waals surface area contributed by atoms with E-state index in [-0.39, 0.29) is 1.43 Å². The number of nitrogens with one attached hydrogen (secondary N) is 1. The summed E-state index contributed by atoms with van der Waals surface area (Å²) in [5, 5.41) is 4.02. The molecule has 0 spiro atoms. The zero-order chi connectivity index (χ0) is 17.3. The Labute approximate surface area is 151 Å². The first-order valence-corrected chi connectivity index (χ1v) is 9.21. The molecule has 0 aliphatic carbocycles. The number of aryl methyl sites for hydroxylation is 1. The number of aromatic nitrogens is 3. The highest BCUT2D eigenvalue weighted by atomic mass is 32.2. The maximum Gasteiger partial charge on any atom is 0.264 e. The lowest BCUT2D eigenvalue weighted by atomic mass is 10.0. The van der Waals surface area contributed by atoms with Gasteiger partial charge in [-0.3, -0.25) is 0 Å². The number of allylic oxidation sites excluding steroid dienone is 1. The third-order valence-corrected chi connectivity index (χ3v) is 5.64. The van der Waals surface area contributed by atoms with Gasteiger partial charge in [0.15, 0.2) is 5.82 Å². The van der Waals surface area contributed by atoms with Crippen LogP contribution in [0.5, 0.6) is 0 Å². The molecular weight excluding hydrogens is 340 g/mol. The number of hydrogen-bond acceptors (Lipinski definition) is 6. The Morgan fingerprint density at radius 2 is 2.21 bits per heavy atom. The van der Waals surface area contributed by atoms with Crippen LogP contribution in [0.2, 0.25) is 0 Å². The van der Waals surface area contributed by atoms with Crippen LogP contribution in [0.4, 0.5) is 0 Å². The average molecular weight is 363 g/mol. The predicted octanol–water partition coefficient (Wildman–Crippen LogP) is 4.62. The van der Waals surface area contributed by atoms with Crippen molar-refractivity contribution < 1.29 is 5.95 Å². The Bertz CT molecular complexity index is 899. The maximum atomic E-state index is 6.27. The van der Waals surface area contributed by atoms with E-state index in [0.717, 1.165) is 39.5 Å². The van der Waals surface area contributed by atoms with Crippen molar-refractivity contribution in [3.05, 3.63) is 44.8 Å². The van der Waals surface area contributed by atoms with Crippen LogP contribution in [0, 0.1) is 25.4 Å². The van der Waals surface area contributed by atoms with Crippen LogP contribution in [-0.4, -0.2) is 20.9 Å². The molecular formula is C17H22N4OS2. The van der Waals surface area contributed by atoms with E-state index in [1.807, 2.05) is 20.8 Å².